The van der Waals surface area contributed by atoms with Crippen molar-refractivity contribution in [2.45, 2.75) is 25.3 Å². The molecule has 0 fully saturated rings. The molecule has 1 atom stereocenters. The second-order valence-electron chi connectivity index (χ2n) is 8.29. The maximum absolute atomic E-state index is 12.6. The van der Waals surface area contributed by atoms with E-state index in [9.17, 15) is 9.59 Å². The van der Waals surface area contributed by atoms with Crippen LogP contribution in [0.1, 0.15) is 39.5 Å². The zero-order valence-electron chi connectivity index (χ0n) is 19.2. The molecule has 8 heteroatoms. The number of aryl methyl sites for hydroxylation is 1. The molecule has 0 aromatic heterocycles. The molecule has 0 aliphatic heterocycles. The fourth-order valence-corrected chi connectivity index (χ4v) is 4.78. The lowest BCUT2D eigenvalue weighted by Gasteiger charge is -2.15. The Morgan fingerprint density at radius 3 is 2.37 bits per heavy atom. The molecule has 3 amide bonds. The molecule has 0 saturated carbocycles. The first-order valence-electron chi connectivity index (χ1n) is 11.6. The smallest absolute Gasteiger partial charge is 0.315 e. The van der Waals surface area contributed by atoms with Crippen LogP contribution in [0.15, 0.2) is 66.7 Å². The van der Waals surface area contributed by atoms with E-state index in [0.717, 1.165) is 30.4 Å². The monoisotopic (exact) mass is 511 g/mol. The molecule has 0 spiro atoms. The Balaban J connectivity index is 1.21. The molecular formula is C27H27Cl2N3O3. The minimum absolute atomic E-state index is 0.00632. The molecule has 3 aromatic rings. The normalized spacial score (nSPS) is 14.2. The average Bonchev–Trinajstić information content (AvgIpc) is 3.25. The zero-order chi connectivity index (χ0) is 24.6. The SMILES string of the molecule is O=C(NCCNC(=O)c1c(Cl)cc(OCCc2ccccc2)cc1Cl)N[C@@H]1CCc2ccccc21. The van der Waals surface area contributed by atoms with Crippen LogP contribution in [0.5, 0.6) is 5.75 Å². The molecule has 0 saturated heterocycles. The minimum Gasteiger partial charge on any atom is -0.493 e. The van der Waals surface area contributed by atoms with Crippen molar-refractivity contribution < 1.29 is 14.3 Å². The number of halogens is 2. The van der Waals surface area contributed by atoms with E-state index in [0.29, 0.717) is 12.4 Å². The minimum atomic E-state index is -0.414. The van der Waals surface area contributed by atoms with Gasteiger partial charge in [0.1, 0.15) is 5.75 Å². The first kappa shape index (κ1) is 24.9. The van der Waals surface area contributed by atoms with E-state index in [-0.39, 0.29) is 40.8 Å². The van der Waals surface area contributed by atoms with E-state index in [1.54, 1.807) is 12.1 Å². The van der Waals surface area contributed by atoms with E-state index < -0.39 is 5.91 Å². The molecule has 0 unspecified atom stereocenters. The number of fused-ring (bicyclic) bond motifs is 1. The van der Waals surface area contributed by atoms with Crippen molar-refractivity contribution in [2.75, 3.05) is 19.7 Å². The number of ether oxygens (including phenoxy) is 1. The third kappa shape index (κ3) is 6.68. The molecule has 1 aliphatic rings. The van der Waals surface area contributed by atoms with Gasteiger partial charge in [-0.3, -0.25) is 4.79 Å². The van der Waals surface area contributed by atoms with Crippen LogP contribution in [-0.4, -0.2) is 31.6 Å². The van der Waals surface area contributed by atoms with Gasteiger partial charge in [0.2, 0.25) is 0 Å². The number of carbonyl (C=O) groups is 2. The van der Waals surface area contributed by atoms with Gasteiger partial charge in [0.15, 0.2) is 0 Å². The lowest BCUT2D eigenvalue weighted by molar-refractivity contribution is 0.0954. The maximum atomic E-state index is 12.6. The van der Waals surface area contributed by atoms with Crippen molar-refractivity contribution in [1.82, 2.24) is 16.0 Å². The Bertz CT molecular complexity index is 1160. The number of hydrogen-bond acceptors (Lipinski definition) is 3. The number of urea groups is 1. The predicted octanol–water partition coefficient (Wildman–Crippen LogP) is 5.33. The van der Waals surface area contributed by atoms with Crippen LogP contribution < -0.4 is 20.7 Å². The highest BCUT2D eigenvalue weighted by Crippen LogP contribution is 2.31. The third-order valence-corrected chi connectivity index (χ3v) is 6.48. The molecule has 35 heavy (non-hydrogen) atoms. The van der Waals surface area contributed by atoms with E-state index in [1.807, 2.05) is 48.5 Å². The zero-order valence-corrected chi connectivity index (χ0v) is 20.7. The van der Waals surface area contributed by atoms with Crippen LogP contribution in [0.3, 0.4) is 0 Å². The fraction of sp³-hybridized carbons (Fsp3) is 0.259. The van der Waals surface area contributed by atoms with Gasteiger partial charge in [-0.2, -0.15) is 0 Å². The second kappa shape index (κ2) is 12.0. The highest BCUT2D eigenvalue weighted by Gasteiger charge is 2.23. The van der Waals surface area contributed by atoms with Gasteiger partial charge in [-0.05, 0) is 41.7 Å². The van der Waals surface area contributed by atoms with Crippen LogP contribution in [0.25, 0.3) is 0 Å². The van der Waals surface area contributed by atoms with Gasteiger partial charge in [-0.1, -0.05) is 77.8 Å². The number of carbonyl (C=O) groups excluding carboxylic acids is 2. The molecule has 182 valence electrons. The lowest BCUT2D eigenvalue weighted by Crippen LogP contribution is -2.41. The van der Waals surface area contributed by atoms with E-state index >= 15 is 0 Å². The number of nitrogens with one attached hydrogen (secondary N) is 3. The second-order valence-corrected chi connectivity index (χ2v) is 9.11. The number of rotatable bonds is 9. The van der Waals surface area contributed by atoms with Crippen molar-refractivity contribution in [3.05, 3.63) is 99.0 Å². The van der Waals surface area contributed by atoms with E-state index in [1.165, 1.54) is 5.56 Å². The van der Waals surface area contributed by atoms with Crippen molar-refractivity contribution in [1.29, 1.82) is 0 Å². The Morgan fingerprint density at radius 1 is 0.914 bits per heavy atom. The molecule has 4 rings (SSSR count). The van der Waals surface area contributed by atoms with Gasteiger partial charge >= 0.3 is 6.03 Å². The molecule has 0 radical (unpaired) electrons. The van der Waals surface area contributed by atoms with Crippen LogP contribution in [0.4, 0.5) is 4.79 Å². The molecule has 0 bridgehead atoms. The first-order valence-corrected chi connectivity index (χ1v) is 12.3. The molecular weight excluding hydrogens is 485 g/mol. The van der Waals surface area contributed by atoms with Gasteiger partial charge in [-0.25, -0.2) is 4.79 Å². The van der Waals surface area contributed by atoms with Gasteiger partial charge in [0, 0.05) is 19.5 Å². The average molecular weight is 512 g/mol. The third-order valence-electron chi connectivity index (χ3n) is 5.88. The summed E-state index contributed by atoms with van der Waals surface area (Å²) in [5, 5.41) is 8.91. The highest BCUT2D eigenvalue weighted by atomic mass is 35.5. The summed E-state index contributed by atoms with van der Waals surface area (Å²) in [6.07, 6.45) is 2.58. The van der Waals surface area contributed by atoms with Gasteiger partial charge in [0.25, 0.3) is 5.91 Å². The standard InChI is InChI=1S/C27H27Cl2N3O3/c28-22-16-20(35-15-12-18-6-2-1-3-7-18)17-23(29)25(22)26(33)30-13-14-31-27(34)32-24-11-10-19-8-4-5-9-21(19)24/h1-9,16-17,24H,10-15H2,(H,30,33)(H2,31,32,34)/t24-/m1/s1. The summed E-state index contributed by atoms with van der Waals surface area (Å²) < 4.78 is 5.75. The highest BCUT2D eigenvalue weighted by molar-refractivity contribution is 6.39. The summed E-state index contributed by atoms with van der Waals surface area (Å²) in [7, 11) is 0. The van der Waals surface area contributed by atoms with Gasteiger partial charge in [-0.15, -0.1) is 0 Å². The van der Waals surface area contributed by atoms with Crippen molar-refractivity contribution in [3.8, 4) is 5.75 Å². The van der Waals surface area contributed by atoms with E-state index in [4.69, 9.17) is 27.9 Å². The summed E-state index contributed by atoms with van der Waals surface area (Å²) in [5.41, 5.74) is 3.77. The van der Waals surface area contributed by atoms with E-state index in [2.05, 4.69) is 22.0 Å². The fourth-order valence-electron chi connectivity index (χ4n) is 4.14. The van der Waals surface area contributed by atoms with Crippen molar-refractivity contribution >= 4 is 35.1 Å². The quantitative estimate of drug-likeness (QED) is 0.339. The Kier molecular flexibility index (Phi) is 8.50. The van der Waals surface area contributed by atoms with Crippen LogP contribution in [-0.2, 0) is 12.8 Å². The maximum Gasteiger partial charge on any atom is 0.315 e. The molecule has 3 N–H and O–H groups in total. The topological polar surface area (TPSA) is 79.5 Å². The Hall–Kier alpha value is -3.22. The predicted molar refractivity (Wildman–Crippen MR) is 138 cm³/mol. The van der Waals surface area contributed by atoms with Gasteiger partial charge < -0.3 is 20.7 Å². The number of amides is 3. The molecule has 1 aliphatic carbocycles. The summed E-state index contributed by atoms with van der Waals surface area (Å²) in [6, 6.07) is 21.0. The van der Waals surface area contributed by atoms with Crippen LogP contribution >= 0.6 is 23.2 Å². The summed E-state index contributed by atoms with van der Waals surface area (Å²) >= 11 is 12.6. The van der Waals surface area contributed by atoms with Crippen molar-refractivity contribution in [2.24, 2.45) is 0 Å². The number of hydrogen-bond donors (Lipinski definition) is 3. The number of benzene rings is 3. The largest absolute Gasteiger partial charge is 0.493 e. The van der Waals surface area contributed by atoms with Crippen molar-refractivity contribution in [3.63, 3.8) is 0 Å². The lowest BCUT2D eigenvalue weighted by atomic mass is 10.1. The summed E-state index contributed by atoms with van der Waals surface area (Å²) in [6.45, 7) is 0.958. The van der Waals surface area contributed by atoms with Crippen LogP contribution in [0.2, 0.25) is 10.0 Å². The molecule has 3 aromatic carbocycles. The Morgan fingerprint density at radius 2 is 1.60 bits per heavy atom. The summed E-state index contributed by atoms with van der Waals surface area (Å²) in [5.74, 6) is 0.0852. The first-order chi connectivity index (χ1) is 17.0. The van der Waals surface area contributed by atoms with Crippen LogP contribution in [0, 0.1) is 0 Å². The van der Waals surface area contributed by atoms with Gasteiger partial charge in [0.05, 0.1) is 28.3 Å². The summed E-state index contributed by atoms with van der Waals surface area (Å²) in [4.78, 5) is 24.9. The molecule has 6 nitrogen and oxygen atoms in total. The molecule has 0 heterocycles. The Labute approximate surface area is 215 Å².